The third kappa shape index (κ3) is 4.56. The molecule has 0 saturated heterocycles. The molecule has 1 atom stereocenters. The van der Waals surface area contributed by atoms with Crippen molar-refractivity contribution >= 4 is 5.97 Å². The molecule has 0 bridgehead atoms. The highest BCUT2D eigenvalue weighted by atomic mass is 16.5. The van der Waals surface area contributed by atoms with Crippen LogP contribution in [0.4, 0.5) is 0 Å². The number of fused-ring (bicyclic) bond motifs is 1. The number of carbonyl (C=O) groups excluding carboxylic acids is 1. The van der Waals surface area contributed by atoms with E-state index in [0.717, 1.165) is 35.3 Å². The average Bonchev–Trinajstić information content (AvgIpc) is 3.12. The van der Waals surface area contributed by atoms with E-state index in [4.69, 9.17) is 9.47 Å². The number of phenols is 1. The minimum Gasteiger partial charge on any atom is -0.508 e. The summed E-state index contributed by atoms with van der Waals surface area (Å²) in [6.45, 7) is 4.18. The van der Waals surface area contributed by atoms with Gasteiger partial charge in [-0.05, 0) is 61.6 Å². The van der Waals surface area contributed by atoms with Crippen LogP contribution in [0.2, 0.25) is 0 Å². The maximum absolute atomic E-state index is 12.8. The molecule has 7 nitrogen and oxygen atoms in total. The fourth-order valence-corrected chi connectivity index (χ4v) is 4.28. The topological polar surface area (TPSA) is 104 Å². The molecule has 2 heterocycles. The van der Waals surface area contributed by atoms with Crippen molar-refractivity contribution in [1.82, 2.24) is 10.2 Å². The quantitative estimate of drug-likeness (QED) is 0.510. The maximum Gasteiger partial charge on any atom is 0.306 e. The fraction of sp³-hybridized carbons (Fsp3) is 0.360. The number of rotatable bonds is 6. The highest BCUT2D eigenvalue weighted by Crippen LogP contribution is 2.35. The van der Waals surface area contributed by atoms with E-state index >= 15 is 0 Å². The fourth-order valence-electron chi connectivity index (χ4n) is 4.28. The first-order valence-corrected chi connectivity index (χ1v) is 10.7. The Bertz CT molecular complexity index is 1170. The molecule has 4 rings (SSSR count). The molecule has 168 valence electrons. The van der Waals surface area contributed by atoms with Crippen molar-refractivity contribution in [2.24, 2.45) is 0 Å². The number of phenolic OH excluding ortho intramolecular Hbond substituents is 1. The lowest BCUT2D eigenvalue weighted by Crippen LogP contribution is -2.32. The van der Waals surface area contributed by atoms with Gasteiger partial charge in [0.25, 0.3) is 5.56 Å². The maximum atomic E-state index is 12.8. The Labute approximate surface area is 186 Å². The van der Waals surface area contributed by atoms with Gasteiger partial charge in [-0.3, -0.25) is 14.7 Å². The molecule has 0 aliphatic carbocycles. The number of carbonyl (C=O) groups is 1. The number of ether oxygens (including phenoxy) is 2. The van der Waals surface area contributed by atoms with Gasteiger partial charge in [0.15, 0.2) is 0 Å². The van der Waals surface area contributed by atoms with Crippen molar-refractivity contribution in [2.75, 3.05) is 7.11 Å². The number of methoxy groups -OCH3 is 1. The second-order valence-corrected chi connectivity index (χ2v) is 8.88. The smallest absolute Gasteiger partial charge is 0.306 e. The monoisotopic (exact) mass is 436 g/mol. The first-order chi connectivity index (χ1) is 15.3. The van der Waals surface area contributed by atoms with Gasteiger partial charge in [-0.2, -0.15) is 0 Å². The van der Waals surface area contributed by atoms with Crippen LogP contribution in [0.1, 0.15) is 60.6 Å². The van der Waals surface area contributed by atoms with Gasteiger partial charge < -0.3 is 19.7 Å². The first-order valence-electron chi connectivity index (χ1n) is 10.7. The summed E-state index contributed by atoms with van der Waals surface area (Å²) in [6.07, 6.45) is 2.39. The number of esters is 1. The Hall–Kier alpha value is -3.48. The third-order valence-corrected chi connectivity index (χ3v) is 6.03. The number of hydrogen-bond acceptors (Lipinski definition) is 5. The molecule has 1 aromatic heterocycles. The summed E-state index contributed by atoms with van der Waals surface area (Å²) in [5, 5.41) is 15.3. The predicted octanol–water partition coefficient (Wildman–Crippen LogP) is 3.80. The summed E-state index contributed by atoms with van der Waals surface area (Å²) < 4.78 is 11.0. The highest BCUT2D eigenvalue weighted by molar-refractivity contribution is 5.71. The van der Waals surface area contributed by atoms with E-state index in [0.29, 0.717) is 17.7 Å². The molecule has 0 fully saturated rings. The third-order valence-electron chi connectivity index (χ3n) is 6.03. The predicted molar refractivity (Wildman–Crippen MR) is 120 cm³/mol. The largest absolute Gasteiger partial charge is 0.508 e. The zero-order chi connectivity index (χ0) is 22.9. The Kier molecular flexibility index (Phi) is 5.82. The van der Waals surface area contributed by atoms with E-state index in [-0.39, 0.29) is 23.3 Å². The Balaban J connectivity index is 1.68. The van der Waals surface area contributed by atoms with Crippen molar-refractivity contribution in [2.45, 2.75) is 51.0 Å². The highest BCUT2D eigenvalue weighted by Gasteiger charge is 2.28. The second-order valence-electron chi connectivity index (χ2n) is 8.88. The van der Waals surface area contributed by atoms with Gasteiger partial charge in [0.2, 0.25) is 0 Å². The lowest BCUT2D eigenvalue weighted by Gasteiger charge is -2.32. The Morgan fingerprint density at radius 1 is 1.19 bits per heavy atom. The Morgan fingerprint density at radius 3 is 2.66 bits per heavy atom. The lowest BCUT2D eigenvalue weighted by molar-refractivity contribution is -0.140. The number of hydrogen-bond donors (Lipinski definition) is 3. The van der Waals surface area contributed by atoms with Crippen LogP contribution < -0.4 is 10.3 Å². The average molecular weight is 437 g/mol. The van der Waals surface area contributed by atoms with Crippen LogP contribution in [-0.2, 0) is 22.4 Å². The van der Waals surface area contributed by atoms with Crippen molar-refractivity contribution in [1.29, 1.82) is 0 Å². The van der Waals surface area contributed by atoms with Crippen LogP contribution in [0.25, 0.3) is 0 Å². The van der Waals surface area contributed by atoms with E-state index in [1.54, 1.807) is 24.3 Å². The lowest BCUT2D eigenvalue weighted by atomic mass is 9.87. The first kappa shape index (κ1) is 21.7. The summed E-state index contributed by atoms with van der Waals surface area (Å²) >= 11 is 0. The van der Waals surface area contributed by atoms with Crippen LogP contribution in [0, 0.1) is 0 Å². The number of aromatic amines is 2. The number of aromatic nitrogens is 2. The van der Waals surface area contributed by atoms with Crippen LogP contribution >= 0.6 is 0 Å². The molecular formula is C25H28N2O5. The molecule has 1 unspecified atom stereocenters. The van der Waals surface area contributed by atoms with Crippen molar-refractivity contribution in [3.05, 3.63) is 80.8 Å². The molecule has 2 aromatic carbocycles. The molecule has 0 spiro atoms. The van der Waals surface area contributed by atoms with E-state index in [9.17, 15) is 14.7 Å². The van der Waals surface area contributed by atoms with Crippen LogP contribution in [0.5, 0.6) is 11.5 Å². The van der Waals surface area contributed by atoms with Crippen molar-refractivity contribution in [3.8, 4) is 11.5 Å². The second kappa shape index (κ2) is 8.57. The van der Waals surface area contributed by atoms with Gasteiger partial charge in [-0.1, -0.05) is 24.3 Å². The molecule has 32 heavy (non-hydrogen) atoms. The molecule has 0 saturated carbocycles. The summed E-state index contributed by atoms with van der Waals surface area (Å²) in [5.74, 6) is 0.103. The minimum atomic E-state index is -0.505. The summed E-state index contributed by atoms with van der Waals surface area (Å²) in [7, 11) is 1.33. The summed E-state index contributed by atoms with van der Waals surface area (Å²) in [4.78, 5) is 24.9. The van der Waals surface area contributed by atoms with Crippen molar-refractivity contribution in [3.63, 3.8) is 0 Å². The number of benzene rings is 2. The SMILES string of the molecule is COC(=O)CC(c1ccc(O)cc1)c1c(Cc2ccc3c(c2)CCC(C)(C)O3)[nH][nH]c1=O. The van der Waals surface area contributed by atoms with Crippen LogP contribution in [0.15, 0.2) is 47.3 Å². The number of aromatic hydroxyl groups is 1. The molecule has 0 amide bonds. The van der Waals surface area contributed by atoms with Gasteiger partial charge in [0, 0.05) is 23.6 Å². The molecule has 3 aromatic rings. The molecule has 1 aliphatic heterocycles. The Morgan fingerprint density at radius 2 is 1.94 bits per heavy atom. The molecule has 7 heteroatoms. The molecular weight excluding hydrogens is 408 g/mol. The normalized spacial score (nSPS) is 15.5. The van der Waals surface area contributed by atoms with E-state index in [1.165, 1.54) is 7.11 Å². The van der Waals surface area contributed by atoms with Gasteiger partial charge in [-0.15, -0.1) is 0 Å². The minimum absolute atomic E-state index is 0.0162. The number of aryl methyl sites for hydroxylation is 1. The van der Waals surface area contributed by atoms with Crippen LogP contribution in [0.3, 0.4) is 0 Å². The van der Waals surface area contributed by atoms with E-state index < -0.39 is 11.9 Å². The summed E-state index contributed by atoms with van der Waals surface area (Å²) in [6, 6.07) is 12.6. The molecule has 1 aliphatic rings. The zero-order valence-corrected chi connectivity index (χ0v) is 18.5. The van der Waals surface area contributed by atoms with Gasteiger partial charge in [0.1, 0.15) is 17.1 Å². The van der Waals surface area contributed by atoms with Gasteiger partial charge >= 0.3 is 5.97 Å². The zero-order valence-electron chi connectivity index (χ0n) is 18.5. The van der Waals surface area contributed by atoms with Gasteiger partial charge in [0.05, 0.1) is 13.5 Å². The van der Waals surface area contributed by atoms with E-state index in [2.05, 4.69) is 30.1 Å². The van der Waals surface area contributed by atoms with Gasteiger partial charge in [-0.25, -0.2) is 0 Å². The standard InChI is InChI=1S/C25H28N2O5/c1-25(2)11-10-17-12-15(4-9-21(17)32-25)13-20-23(24(30)27-26-20)19(14-22(29)31-3)16-5-7-18(28)8-6-16/h4-9,12,19,28H,10-11,13-14H2,1-3H3,(H2,26,27,30). The number of nitrogens with one attached hydrogen (secondary N) is 2. The molecule has 0 radical (unpaired) electrons. The molecule has 3 N–H and O–H groups in total. The van der Waals surface area contributed by atoms with Crippen LogP contribution in [-0.4, -0.2) is 34.0 Å². The van der Waals surface area contributed by atoms with E-state index in [1.807, 2.05) is 12.1 Å². The summed E-state index contributed by atoms with van der Waals surface area (Å²) in [5.41, 5.74) is 3.73. The number of H-pyrrole nitrogens is 2. The van der Waals surface area contributed by atoms with Crippen molar-refractivity contribution < 1.29 is 19.4 Å².